The van der Waals surface area contributed by atoms with Crippen molar-refractivity contribution in [1.29, 1.82) is 0 Å². The second-order valence-corrected chi connectivity index (χ2v) is 4.67. The van der Waals surface area contributed by atoms with Gasteiger partial charge in [0.2, 0.25) is 0 Å². The van der Waals surface area contributed by atoms with E-state index in [0.717, 1.165) is 6.42 Å². The second kappa shape index (κ2) is 6.07. The molecule has 0 aromatic heterocycles. The number of benzene rings is 1. The van der Waals surface area contributed by atoms with E-state index in [1.165, 1.54) is 5.56 Å². The van der Waals surface area contributed by atoms with Crippen molar-refractivity contribution >= 4 is 0 Å². The van der Waals surface area contributed by atoms with Crippen LogP contribution in [0.2, 0.25) is 0 Å². The van der Waals surface area contributed by atoms with E-state index >= 15 is 0 Å². The molecule has 2 aliphatic rings. The maximum absolute atomic E-state index is 5.99. The maximum atomic E-state index is 5.99. The minimum Gasteiger partial charge on any atom is -0.541 e. The molecule has 2 bridgehead atoms. The van der Waals surface area contributed by atoms with Gasteiger partial charge in [-0.1, -0.05) is 37.3 Å². The molecule has 3 atom stereocenters. The zero-order valence-corrected chi connectivity index (χ0v) is 14.6. The number of hydrogen-bond donors (Lipinski definition) is 0. The molecule has 4 heteroatoms. The summed E-state index contributed by atoms with van der Waals surface area (Å²) in [6.45, 7) is 5.15. The zero-order valence-electron chi connectivity index (χ0n) is 10.5. The van der Waals surface area contributed by atoms with E-state index < -0.39 is 0 Å². The van der Waals surface area contributed by atoms with Gasteiger partial charge in [0.1, 0.15) is 0 Å². The Labute approximate surface area is 132 Å². The molecule has 0 aliphatic carbocycles. The molecule has 1 unspecified atom stereocenters. The summed E-state index contributed by atoms with van der Waals surface area (Å²) in [7, 11) is 0. The topological polar surface area (TPSA) is 27.7 Å². The van der Waals surface area contributed by atoms with Crippen LogP contribution in [-0.2, 0) is 20.8 Å². The van der Waals surface area contributed by atoms with Crippen molar-refractivity contribution in [3.8, 4) is 0 Å². The molecule has 2 saturated heterocycles. The summed E-state index contributed by atoms with van der Waals surface area (Å²) in [6, 6.07) is 10.2. The van der Waals surface area contributed by atoms with Gasteiger partial charge in [0, 0.05) is 31.1 Å². The Morgan fingerprint density at radius 2 is 2.17 bits per heavy atom. The largest absolute Gasteiger partial charge is 0.541 e. The Kier molecular flexibility index (Phi) is 4.91. The van der Waals surface area contributed by atoms with E-state index in [0.29, 0.717) is 13.2 Å². The molecule has 0 amide bonds. The van der Waals surface area contributed by atoms with Gasteiger partial charge in [-0.05, 0) is 18.1 Å². The van der Waals surface area contributed by atoms with Gasteiger partial charge in [-0.3, -0.25) is 0 Å². The van der Waals surface area contributed by atoms with Crippen LogP contribution in [0, 0.1) is 37.7 Å². The van der Waals surface area contributed by atoms with Gasteiger partial charge in [-0.25, -0.2) is 0 Å². The van der Waals surface area contributed by atoms with Crippen molar-refractivity contribution in [2.75, 3.05) is 6.61 Å². The molecule has 0 N–H and O–H groups in total. The first-order valence-electron chi connectivity index (χ1n) is 6.12. The normalized spacial score (nSPS) is 33.4. The SMILES string of the molecule is CC[C@]12CO[C@@H]([CH-]O1)C2OCc1ccccc1.[U]. The summed E-state index contributed by atoms with van der Waals surface area (Å²) >= 11 is 0. The Morgan fingerprint density at radius 3 is 2.78 bits per heavy atom. The molecule has 2 heterocycles. The molecule has 1 aromatic carbocycles. The van der Waals surface area contributed by atoms with Crippen molar-refractivity contribution in [2.24, 2.45) is 0 Å². The van der Waals surface area contributed by atoms with E-state index in [1.54, 1.807) is 6.61 Å². The van der Waals surface area contributed by atoms with Crippen molar-refractivity contribution in [2.45, 2.75) is 37.8 Å². The molecule has 3 rings (SSSR count). The molecule has 3 nitrogen and oxygen atoms in total. The molecule has 1 aromatic rings. The smallest absolute Gasteiger partial charge is 0.0865 e. The molecule has 0 radical (unpaired) electrons. The van der Waals surface area contributed by atoms with Crippen molar-refractivity contribution in [3.63, 3.8) is 0 Å². The predicted molar refractivity (Wildman–Crippen MR) is 63.2 cm³/mol. The van der Waals surface area contributed by atoms with Crippen LogP contribution < -0.4 is 0 Å². The van der Waals surface area contributed by atoms with Crippen LogP contribution in [0.15, 0.2) is 30.3 Å². The third kappa shape index (κ3) is 2.55. The van der Waals surface area contributed by atoms with Crippen LogP contribution in [0.1, 0.15) is 18.9 Å². The fourth-order valence-corrected chi connectivity index (χ4v) is 2.51. The molecule has 0 spiro atoms. The maximum Gasteiger partial charge on any atom is 0.0865 e. The van der Waals surface area contributed by atoms with E-state index in [9.17, 15) is 0 Å². The second-order valence-electron chi connectivity index (χ2n) is 4.67. The summed E-state index contributed by atoms with van der Waals surface area (Å²) in [5, 5.41) is 0. The van der Waals surface area contributed by atoms with Crippen molar-refractivity contribution in [1.82, 2.24) is 0 Å². The monoisotopic (exact) mass is 471 g/mol. The Hall–Kier alpha value is 0.152. The van der Waals surface area contributed by atoms with Gasteiger partial charge in [0.05, 0.1) is 24.9 Å². The van der Waals surface area contributed by atoms with Crippen LogP contribution in [0.3, 0.4) is 0 Å². The molecular weight excluding hydrogens is 454 g/mol. The molecule has 2 aliphatic heterocycles. The first-order valence-corrected chi connectivity index (χ1v) is 6.12. The number of ether oxygens (including phenoxy) is 3. The van der Waals surface area contributed by atoms with Crippen LogP contribution in [0.5, 0.6) is 0 Å². The average molecular weight is 471 g/mol. The van der Waals surface area contributed by atoms with Gasteiger partial charge in [0.15, 0.2) is 0 Å². The Bertz CT molecular complexity index is 374. The Balaban J connectivity index is 0.00000120. The summed E-state index contributed by atoms with van der Waals surface area (Å²) < 4.78 is 17.3. The van der Waals surface area contributed by atoms with E-state index in [1.807, 2.05) is 18.2 Å². The predicted octanol–water partition coefficient (Wildman–Crippen LogP) is 2.31. The summed E-state index contributed by atoms with van der Waals surface area (Å²) in [6.07, 6.45) is 0.950. The first kappa shape index (κ1) is 14.6. The molecule has 18 heavy (non-hydrogen) atoms. The standard InChI is InChI=1S/C14H17O3.U/c1-2-14-10-16-12(9-17-14)13(14)15-8-11-6-4-3-5-7-11;/h3-7,9,12-13H,2,8,10H2,1H3;/q-1;/t12-,13?,14+;/m0./s1. The van der Waals surface area contributed by atoms with E-state index in [4.69, 9.17) is 14.2 Å². The fourth-order valence-electron chi connectivity index (χ4n) is 2.51. The fraction of sp³-hybridized carbons (Fsp3) is 0.500. The summed E-state index contributed by atoms with van der Waals surface area (Å²) in [5.41, 5.74) is 0.935. The molecule has 2 fully saturated rings. The van der Waals surface area contributed by atoms with Gasteiger partial charge < -0.3 is 14.2 Å². The van der Waals surface area contributed by atoms with Gasteiger partial charge in [-0.2, -0.15) is 6.61 Å². The minimum absolute atomic E-state index is 0. The van der Waals surface area contributed by atoms with Gasteiger partial charge >= 0.3 is 0 Å². The zero-order chi connectivity index (χ0) is 11.7. The van der Waals surface area contributed by atoms with Gasteiger partial charge in [0.25, 0.3) is 0 Å². The number of rotatable bonds is 4. The van der Waals surface area contributed by atoms with Crippen LogP contribution in [0.4, 0.5) is 0 Å². The summed E-state index contributed by atoms with van der Waals surface area (Å²) in [4.78, 5) is 0. The number of fused-ring (bicyclic) bond motifs is 2. The van der Waals surface area contributed by atoms with Crippen molar-refractivity contribution < 1.29 is 45.3 Å². The summed E-state index contributed by atoms with van der Waals surface area (Å²) in [5.74, 6) is 0. The third-order valence-electron chi connectivity index (χ3n) is 3.64. The third-order valence-corrected chi connectivity index (χ3v) is 3.64. The van der Waals surface area contributed by atoms with E-state index in [2.05, 4.69) is 19.1 Å². The number of hydrogen-bond acceptors (Lipinski definition) is 3. The Morgan fingerprint density at radius 1 is 1.39 bits per heavy atom. The first-order chi connectivity index (χ1) is 8.34. The molecule has 96 valence electrons. The van der Waals surface area contributed by atoms with Crippen molar-refractivity contribution in [3.05, 3.63) is 42.5 Å². The van der Waals surface area contributed by atoms with Crippen LogP contribution >= 0.6 is 0 Å². The quantitative estimate of drug-likeness (QED) is 0.632. The van der Waals surface area contributed by atoms with Crippen LogP contribution in [0.25, 0.3) is 0 Å². The van der Waals surface area contributed by atoms with Gasteiger partial charge in [-0.15, -0.1) is 0 Å². The molecule has 0 saturated carbocycles. The van der Waals surface area contributed by atoms with E-state index in [-0.39, 0.29) is 48.9 Å². The van der Waals surface area contributed by atoms with Crippen LogP contribution in [-0.4, -0.2) is 24.4 Å². The molecular formula is C14H17O3U-. The minimum atomic E-state index is -0.251. The average Bonchev–Trinajstić information content (AvgIpc) is 2.92.